The number of thioether (sulfide) groups is 1. The largest absolute Gasteiger partial charge is 0.466 e. The van der Waals surface area contributed by atoms with Gasteiger partial charge in [0.15, 0.2) is 0 Å². The van der Waals surface area contributed by atoms with Crippen molar-refractivity contribution in [1.29, 1.82) is 0 Å². The van der Waals surface area contributed by atoms with Crippen molar-refractivity contribution in [3.05, 3.63) is 40.8 Å². The first-order valence-electron chi connectivity index (χ1n) is 3.89. The molecule has 0 radical (unpaired) electrons. The second kappa shape index (κ2) is 5.73. The lowest BCUT2D eigenvalue weighted by molar-refractivity contribution is -0.134. The van der Waals surface area contributed by atoms with E-state index in [0.29, 0.717) is 5.02 Å². The van der Waals surface area contributed by atoms with Gasteiger partial charge in [-0.05, 0) is 29.7 Å². The molecule has 14 heavy (non-hydrogen) atoms. The number of benzene rings is 1. The van der Waals surface area contributed by atoms with E-state index in [-0.39, 0.29) is 5.97 Å². The Bertz CT molecular complexity index is 332. The van der Waals surface area contributed by atoms with Crippen LogP contribution in [0, 0.1) is 0 Å². The van der Waals surface area contributed by atoms with E-state index in [1.165, 1.54) is 24.9 Å². The molecule has 1 rings (SSSR count). The molecule has 0 fully saturated rings. The third kappa shape index (κ3) is 3.85. The maximum Gasteiger partial charge on any atom is 0.330 e. The van der Waals surface area contributed by atoms with E-state index in [2.05, 4.69) is 4.74 Å². The van der Waals surface area contributed by atoms with Gasteiger partial charge in [-0.3, -0.25) is 0 Å². The van der Waals surface area contributed by atoms with Crippen molar-refractivity contribution in [2.45, 2.75) is 4.90 Å². The van der Waals surface area contributed by atoms with Gasteiger partial charge in [-0.15, -0.1) is 0 Å². The number of carbonyl (C=O) groups excluding carboxylic acids is 1. The summed E-state index contributed by atoms with van der Waals surface area (Å²) in [6.07, 6.45) is 1.37. The van der Waals surface area contributed by atoms with Gasteiger partial charge in [-0.1, -0.05) is 23.4 Å². The van der Waals surface area contributed by atoms with Gasteiger partial charge >= 0.3 is 5.97 Å². The number of hydrogen-bond acceptors (Lipinski definition) is 3. The number of methoxy groups -OCH3 is 1. The lowest BCUT2D eigenvalue weighted by Crippen LogP contribution is -1.92. The molecular formula is C10H9ClO2S. The maximum atomic E-state index is 10.7. The summed E-state index contributed by atoms with van der Waals surface area (Å²) in [5.74, 6) is -0.355. The molecule has 0 aliphatic heterocycles. The highest BCUT2D eigenvalue weighted by Crippen LogP contribution is 2.20. The minimum atomic E-state index is -0.355. The summed E-state index contributed by atoms with van der Waals surface area (Å²) in [4.78, 5) is 11.7. The number of halogens is 1. The lowest BCUT2D eigenvalue weighted by atomic mass is 10.4. The predicted octanol–water partition coefficient (Wildman–Crippen LogP) is 3.12. The first kappa shape index (κ1) is 11.1. The van der Waals surface area contributed by atoms with Crippen LogP contribution in [0.3, 0.4) is 0 Å². The molecule has 0 unspecified atom stereocenters. The van der Waals surface area contributed by atoms with Gasteiger partial charge in [0.2, 0.25) is 0 Å². The van der Waals surface area contributed by atoms with Crippen molar-refractivity contribution < 1.29 is 9.53 Å². The van der Waals surface area contributed by atoms with Gasteiger partial charge in [0, 0.05) is 16.0 Å². The van der Waals surface area contributed by atoms with Crippen molar-refractivity contribution >= 4 is 29.3 Å². The Labute approximate surface area is 91.9 Å². The van der Waals surface area contributed by atoms with Crippen molar-refractivity contribution in [3.8, 4) is 0 Å². The Hall–Kier alpha value is -0.930. The second-order valence-corrected chi connectivity index (χ2v) is 3.81. The monoisotopic (exact) mass is 228 g/mol. The summed E-state index contributed by atoms with van der Waals surface area (Å²) in [6.45, 7) is 0. The standard InChI is InChI=1S/C10H9ClO2S/c1-13-10(12)6-7-14-9-4-2-8(11)3-5-9/h2-7H,1H3/b7-6+. The molecule has 0 atom stereocenters. The van der Waals surface area contributed by atoms with E-state index in [4.69, 9.17) is 11.6 Å². The summed E-state index contributed by atoms with van der Waals surface area (Å²) < 4.78 is 4.45. The fraction of sp³-hybridized carbons (Fsp3) is 0.100. The molecule has 1 aromatic carbocycles. The molecule has 0 amide bonds. The Balaban J connectivity index is 2.49. The summed E-state index contributed by atoms with van der Waals surface area (Å²) in [5, 5.41) is 2.38. The molecule has 0 aromatic heterocycles. The highest BCUT2D eigenvalue weighted by Gasteiger charge is 1.92. The van der Waals surface area contributed by atoms with E-state index in [1.54, 1.807) is 17.5 Å². The zero-order chi connectivity index (χ0) is 10.4. The summed E-state index contributed by atoms with van der Waals surface area (Å²) in [6, 6.07) is 7.37. The van der Waals surface area contributed by atoms with Crippen molar-refractivity contribution in [3.63, 3.8) is 0 Å². The Morgan fingerprint density at radius 2 is 2.07 bits per heavy atom. The molecule has 0 saturated heterocycles. The van der Waals surface area contributed by atoms with Crippen LogP contribution >= 0.6 is 23.4 Å². The van der Waals surface area contributed by atoms with Crippen LogP contribution in [0.4, 0.5) is 0 Å². The van der Waals surface area contributed by atoms with Crippen LogP contribution in [0.2, 0.25) is 5.02 Å². The predicted molar refractivity (Wildman–Crippen MR) is 58.5 cm³/mol. The number of hydrogen-bond donors (Lipinski definition) is 0. The van der Waals surface area contributed by atoms with E-state index >= 15 is 0 Å². The average Bonchev–Trinajstić information content (AvgIpc) is 2.21. The van der Waals surface area contributed by atoms with Crippen molar-refractivity contribution in [2.75, 3.05) is 7.11 Å². The number of esters is 1. The highest BCUT2D eigenvalue weighted by atomic mass is 35.5. The zero-order valence-corrected chi connectivity index (χ0v) is 9.14. The third-order valence-electron chi connectivity index (χ3n) is 1.42. The van der Waals surface area contributed by atoms with Gasteiger partial charge in [0.1, 0.15) is 0 Å². The van der Waals surface area contributed by atoms with Gasteiger partial charge < -0.3 is 4.74 Å². The Morgan fingerprint density at radius 1 is 1.43 bits per heavy atom. The smallest absolute Gasteiger partial charge is 0.330 e. The topological polar surface area (TPSA) is 26.3 Å². The minimum absolute atomic E-state index is 0.355. The lowest BCUT2D eigenvalue weighted by Gasteiger charge is -1.95. The SMILES string of the molecule is COC(=O)/C=C/Sc1ccc(Cl)cc1. The van der Waals surface area contributed by atoms with Crippen molar-refractivity contribution in [2.24, 2.45) is 0 Å². The second-order valence-electron chi connectivity index (χ2n) is 2.40. The fourth-order valence-electron chi connectivity index (χ4n) is 0.749. The van der Waals surface area contributed by atoms with Gasteiger partial charge in [-0.25, -0.2) is 4.79 Å². The fourth-order valence-corrected chi connectivity index (χ4v) is 1.50. The van der Waals surface area contributed by atoms with Gasteiger partial charge in [0.05, 0.1) is 7.11 Å². The quantitative estimate of drug-likeness (QED) is 0.452. The highest BCUT2D eigenvalue weighted by molar-refractivity contribution is 8.02. The van der Waals surface area contributed by atoms with E-state index in [9.17, 15) is 4.79 Å². The Morgan fingerprint density at radius 3 is 2.64 bits per heavy atom. The van der Waals surface area contributed by atoms with Crippen LogP contribution in [-0.2, 0) is 9.53 Å². The normalized spacial score (nSPS) is 10.4. The molecule has 1 aromatic rings. The number of carbonyl (C=O) groups is 1. The zero-order valence-electron chi connectivity index (χ0n) is 7.57. The molecule has 0 saturated carbocycles. The Kier molecular flexibility index (Phi) is 4.56. The maximum absolute atomic E-state index is 10.7. The van der Waals surface area contributed by atoms with Crippen LogP contribution in [0.25, 0.3) is 0 Å². The van der Waals surface area contributed by atoms with Crippen LogP contribution in [-0.4, -0.2) is 13.1 Å². The van der Waals surface area contributed by atoms with Crippen LogP contribution < -0.4 is 0 Å². The molecule has 0 aliphatic carbocycles. The molecule has 0 bridgehead atoms. The van der Waals surface area contributed by atoms with Crippen LogP contribution in [0.5, 0.6) is 0 Å². The van der Waals surface area contributed by atoms with Crippen LogP contribution in [0.1, 0.15) is 0 Å². The van der Waals surface area contributed by atoms with E-state index in [1.807, 2.05) is 12.1 Å². The molecule has 0 heterocycles. The van der Waals surface area contributed by atoms with E-state index in [0.717, 1.165) is 4.90 Å². The molecule has 0 spiro atoms. The van der Waals surface area contributed by atoms with E-state index < -0.39 is 0 Å². The molecule has 0 N–H and O–H groups in total. The summed E-state index contributed by atoms with van der Waals surface area (Å²) >= 11 is 7.15. The third-order valence-corrected chi connectivity index (χ3v) is 2.49. The molecule has 0 aliphatic rings. The first-order valence-corrected chi connectivity index (χ1v) is 5.15. The molecular weight excluding hydrogens is 220 g/mol. The number of ether oxygens (including phenoxy) is 1. The van der Waals surface area contributed by atoms with Gasteiger partial charge in [-0.2, -0.15) is 0 Å². The number of rotatable bonds is 3. The molecule has 2 nitrogen and oxygen atoms in total. The minimum Gasteiger partial charge on any atom is -0.466 e. The van der Waals surface area contributed by atoms with Crippen molar-refractivity contribution in [1.82, 2.24) is 0 Å². The van der Waals surface area contributed by atoms with Gasteiger partial charge in [0.25, 0.3) is 0 Å². The summed E-state index contributed by atoms with van der Waals surface area (Å²) in [5.41, 5.74) is 0. The molecule has 4 heteroatoms. The average molecular weight is 229 g/mol. The summed E-state index contributed by atoms with van der Waals surface area (Å²) in [7, 11) is 1.35. The first-order chi connectivity index (χ1) is 6.72. The molecule has 74 valence electrons. The van der Waals surface area contributed by atoms with Crippen LogP contribution in [0.15, 0.2) is 40.6 Å².